The predicted octanol–water partition coefficient (Wildman–Crippen LogP) is 3.53. The minimum Gasteiger partial charge on any atom is -0.448 e. The number of benzene rings is 2. The lowest BCUT2D eigenvalue weighted by atomic mass is 9.98. The molecule has 2 aromatic rings. The van der Waals surface area contributed by atoms with E-state index in [1.807, 2.05) is 24.3 Å². The lowest BCUT2D eigenvalue weighted by Crippen LogP contribution is -2.39. The van der Waals surface area contributed by atoms with Crippen molar-refractivity contribution in [3.8, 4) is 23.5 Å². The third kappa shape index (κ3) is 3.04. The average molecular weight is 361 g/mol. The first-order chi connectivity index (χ1) is 13.2. The first-order valence-electron chi connectivity index (χ1n) is 8.92. The summed E-state index contributed by atoms with van der Waals surface area (Å²) >= 11 is 0. The van der Waals surface area contributed by atoms with Crippen LogP contribution in [0.4, 0.5) is 4.79 Å². The Balaban J connectivity index is 1.50. The van der Waals surface area contributed by atoms with E-state index >= 15 is 0 Å². The molecule has 1 saturated heterocycles. The van der Waals surface area contributed by atoms with Crippen LogP contribution in [0.2, 0.25) is 0 Å². The molecule has 2 aromatic carbocycles. The summed E-state index contributed by atoms with van der Waals surface area (Å²) in [5.74, 6) is 2.03. The molecule has 5 heteroatoms. The van der Waals surface area contributed by atoms with E-state index in [4.69, 9.17) is 15.9 Å². The molecule has 0 spiro atoms. The Bertz CT molecular complexity index is 884. The molecule has 27 heavy (non-hydrogen) atoms. The number of hydrogen-bond donors (Lipinski definition) is 0. The minimum atomic E-state index is -0.670. The van der Waals surface area contributed by atoms with E-state index in [-0.39, 0.29) is 19.3 Å². The fraction of sp³-hybridized carbons (Fsp3) is 0.273. The molecular weight excluding hydrogens is 342 g/mol. The van der Waals surface area contributed by atoms with Crippen molar-refractivity contribution < 1.29 is 19.1 Å². The number of hydrogen-bond acceptors (Lipinski definition) is 4. The topological polar surface area (TPSA) is 55.8 Å². The molecule has 0 unspecified atom stereocenters. The molecule has 2 aliphatic rings. The van der Waals surface area contributed by atoms with Gasteiger partial charge in [-0.3, -0.25) is 4.90 Å². The highest BCUT2D eigenvalue weighted by atomic mass is 16.6. The zero-order valence-corrected chi connectivity index (χ0v) is 14.8. The van der Waals surface area contributed by atoms with Gasteiger partial charge in [-0.1, -0.05) is 48.5 Å². The van der Waals surface area contributed by atoms with Crippen molar-refractivity contribution >= 4 is 12.1 Å². The molecule has 1 heterocycles. The third-order valence-electron chi connectivity index (χ3n) is 5.13. The molecule has 0 aromatic heterocycles. The summed E-state index contributed by atoms with van der Waals surface area (Å²) in [7, 11) is 0. The van der Waals surface area contributed by atoms with Crippen LogP contribution in [0.5, 0.6) is 0 Å². The van der Waals surface area contributed by atoms with Crippen molar-refractivity contribution in [1.29, 1.82) is 0 Å². The van der Waals surface area contributed by atoms with E-state index in [1.54, 1.807) is 0 Å². The van der Waals surface area contributed by atoms with E-state index in [2.05, 4.69) is 30.2 Å². The zero-order chi connectivity index (χ0) is 18.8. The fourth-order valence-electron chi connectivity index (χ4n) is 3.80. The lowest BCUT2D eigenvalue weighted by Gasteiger charge is -2.21. The van der Waals surface area contributed by atoms with Crippen LogP contribution in [0.25, 0.3) is 11.1 Å². The predicted molar refractivity (Wildman–Crippen MR) is 99.7 cm³/mol. The second-order valence-corrected chi connectivity index (χ2v) is 6.62. The second kappa shape index (κ2) is 7.16. The number of ether oxygens (including phenoxy) is 2. The second-order valence-electron chi connectivity index (χ2n) is 6.62. The number of fused-ring (bicyclic) bond motifs is 3. The Labute approximate surface area is 157 Å². The molecule has 0 bridgehead atoms. The van der Waals surface area contributed by atoms with Gasteiger partial charge in [0.1, 0.15) is 12.6 Å². The van der Waals surface area contributed by atoms with Crippen molar-refractivity contribution in [2.24, 2.45) is 0 Å². The van der Waals surface area contributed by atoms with Gasteiger partial charge in [0.2, 0.25) is 0 Å². The number of esters is 1. The van der Waals surface area contributed by atoms with Gasteiger partial charge in [-0.25, -0.2) is 9.59 Å². The number of nitrogens with zero attached hydrogens (tertiary/aromatic N) is 1. The Morgan fingerprint density at radius 3 is 2.41 bits per heavy atom. The highest BCUT2D eigenvalue weighted by Crippen LogP contribution is 2.44. The fourth-order valence-corrected chi connectivity index (χ4v) is 3.80. The van der Waals surface area contributed by atoms with E-state index < -0.39 is 18.1 Å². The van der Waals surface area contributed by atoms with Crippen LogP contribution in [0.3, 0.4) is 0 Å². The van der Waals surface area contributed by atoms with Gasteiger partial charge >= 0.3 is 12.1 Å². The van der Waals surface area contributed by atoms with Crippen molar-refractivity contribution in [2.75, 3.05) is 13.3 Å². The van der Waals surface area contributed by atoms with Gasteiger partial charge in [-0.2, -0.15) is 0 Å². The minimum absolute atomic E-state index is 0.0234. The van der Waals surface area contributed by atoms with Crippen LogP contribution in [0, 0.1) is 12.3 Å². The Hall–Kier alpha value is -3.26. The summed E-state index contributed by atoms with van der Waals surface area (Å²) < 4.78 is 10.6. The van der Waals surface area contributed by atoms with Crippen LogP contribution in [0.1, 0.15) is 29.9 Å². The summed E-state index contributed by atoms with van der Waals surface area (Å²) in [6.07, 6.45) is 5.49. The van der Waals surface area contributed by atoms with Crippen molar-refractivity contribution in [2.45, 2.75) is 24.8 Å². The molecule has 4 rings (SSSR count). The van der Waals surface area contributed by atoms with Crippen LogP contribution in [0.15, 0.2) is 48.5 Å². The van der Waals surface area contributed by atoms with Gasteiger partial charge in [0.15, 0.2) is 6.73 Å². The maximum Gasteiger partial charge on any atom is 0.413 e. The smallest absolute Gasteiger partial charge is 0.413 e. The largest absolute Gasteiger partial charge is 0.448 e. The van der Waals surface area contributed by atoms with E-state index in [0.29, 0.717) is 12.8 Å². The molecule has 5 nitrogen and oxygen atoms in total. The Kier molecular flexibility index (Phi) is 4.55. The molecule has 0 N–H and O–H groups in total. The van der Waals surface area contributed by atoms with Crippen LogP contribution in [-0.4, -0.2) is 36.3 Å². The van der Waals surface area contributed by atoms with Gasteiger partial charge < -0.3 is 9.47 Å². The number of carbonyl (C=O) groups is 2. The average Bonchev–Trinajstić information content (AvgIpc) is 3.22. The lowest BCUT2D eigenvalue weighted by molar-refractivity contribution is -0.139. The summed E-state index contributed by atoms with van der Waals surface area (Å²) in [5.41, 5.74) is 4.62. The molecule has 1 aliphatic carbocycles. The van der Waals surface area contributed by atoms with Crippen molar-refractivity contribution in [3.63, 3.8) is 0 Å². The van der Waals surface area contributed by atoms with E-state index in [0.717, 1.165) is 11.1 Å². The Morgan fingerprint density at radius 1 is 1.15 bits per heavy atom. The highest BCUT2D eigenvalue weighted by Gasteiger charge is 2.39. The summed E-state index contributed by atoms with van der Waals surface area (Å²) in [5, 5.41) is 0. The highest BCUT2D eigenvalue weighted by molar-refractivity contribution is 5.84. The van der Waals surface area contributed by atoms with Crippen molar-refractivity contribution in [3.05, 3.63) is 59.7 Å². The Morgan fingerprint density at radius 2 is 1.78 bits per heavy atom. The summed E-state index contributed by atoms with van der Waals surface area (Å²) in [4.78, 5) is 25.7. The molecule has 0 radical (unpaired) electrons. The quantitative estimate of drug-likeness (QED) is 0.617. The standard InChI is InChI=1S/C22H19NO4/c1-2-3-12-20-21(24)27-14-23(20)22(25)26-13-19-17-10-6-4-8-15(17)16-9-5-7-11-18(16)19/h1,4-11,19-20H,3,12-14H2/t20-/m0/s1. The molecule has 1 amide bonds. The van der Waals surface area contributed by atoms with Gasteiger partial charge in [-0.05, 0) is 28.7 Å². The normalized spacial score (nSPS) is 17.8. The van der Waals surface area contributed by atoms with E-state index in [1.165, 1.54) is 16.0 Å². The molecule has 1 atom stereocenters. The molecule has 1 aliphatic heterocycles. The van der Waals surface area contributed by atoms with Crippen LogP contribution in [-0.2, 0) is 14.3 Å². The first-order valence-corrected chi connectivity index (χ1v) is 8.92. The van der Waals surface area contributed by atoms with Crippen molar-refractivity contribution in [1.82, 2.24) is 4.90 Å². The third-order valence-corrected chi connectivity index (χ3v) is 5.13. The number of amides is 1. The van der Waals surface area contributed by atoms with Crippen LogP contribution < -0.4 is 0 Å². The molecule has 1 fully saturated rings. The monoisotopic (exact) mass is 361 g/mol. The maximum absolute atomic E-state index is 12.6. The first kappa shape index (κ1) is 17.2. The molecule has 0 saturated carbocycles. The number of carbonyl (C=O) groups excluding carboxylic acids is 2. The summed E-state index contributed by atoms with van der Waals surface area (Å²) in [6.45, 7) is 0.115. The number of terminal acetylenes is 1. The molecule has 136 valence electrons. The SMILES string of the molecule is C#CCC[C@H]1C(=O)OCN1C(=O)OCC1c2ccccc2-c2ccccc21. The van der Waals surface area contributed by atoms with E-state index in [9.17, 15) is 9.59 Å². The summed E-state index contributed by atoms with van der Waals surface area (Å²) in [6, 6.07) is 15.6. The van der Waals surface area contributed by atoms with Crippen LogP contribution >= 0.6 is 0 Å². The van der Waals surface area contributed by atoms with Gasteiger partial charge in [0.05, 0.1) is 0 Å². The van der Waals surface area contributed by atoms with Gasteiger partial charge in [0.25, 0.3) is 0 Å². The number of rotatable bonds is 4. The zero-order valence-electron chi connectivity index (χ0n) is 14.8. The van der Waals surface area contributed by atoms with Gasteiger partial charge in [0, 0.05) is 12.3 Å². The number of cyclic esters (lactones) is 1. The molecular formula is C22H19NO4. The maximum atomic E-state index is 12.6. The van der Waals surface area contributed by atoms with Gasteiger partial charge in [-0.15, -0.1) is 12.3 Å².